The van der Waals surface area contributed by atoms with Crippen molar-refractivity contribution >= 4 is 28.8 Å². The monoisotopic (exact) mass is 679 g/mol. The van der Waals surface area contributed by atoms with Gasteiger partial charge in [0.1, 0.15) is 47.6 Å². The van der Waals surface area contributed by atoms with Crippen LogP contribution in [0.3, 0.4) is 0 Å². The Morgan fingerprint density at radius 2 is 1.61 bits per heavy atom. The number of likely N-dealkylation sites (N-methyl/N-ethyl adjacent to an activating group) is 1. The molecule has 3 amide bonds. The molecule has 4 atom stereocenters. The molecule has 1 heterocycles. The van der Waals surface area contributed by atoms with E-state index in [-0.39, 0.29) is 46.4 Å². The molecule has 3 aromatic carbocycles. The number of aliphatic hydroxyl groups excluding tert-OH is 5. The van der Waals surface area contributed by atoms with Gasteiger partial charge in [-0.05, 0) is 67.4 Å². The summed E-state index contributed by atoms with van der Waals surface area (Å²) in [6.07, 6.45) is -7.18. The van der Waals surface area contributed by atoms with E-state index in [1.54, 1.807) is 38.1 Å². The largest absolute Gasteiger partial charge is 0.507 e. The molecule has 16 heteroatoms. The van der Waals surface area contributed by atoms with Gasteiger partial charge in [-0.3, -0.25) is 10.2 Å². The second-order valence-corrected chi connectivity index (χ2v) is 12.3. The molecule has 1 aromatic heterocycles. The number of nitrogen functional groups attached to an aromatic ring is 1. The van der Waals surface area contributed by atoms with Crippen LogP contribution in [0.25, 0.3) is 33.5 Å². The number of amidine groups is 1. The molecule has 14 N–H and O–H groups in total. The summed E-state index contributed by atoms with van der Waals surface area (Å²) in [5.74, 6) is -1.06. The highest BCUT2D eigenvalue weighted by molar-refractivity contribution is 5.98. The molecule has 0 aliphatic heterocycles. The van der Waals surface area contributed by atoms with Crippen LogP contribution in [0.15, 0.2) is 48.5 Å². The number of imidazole rings is 1. The molecule has 0 radical (unpaired) electrons. The Hall–Kier alpha value is -5.26. The molecule has 0 aliphatic carbocycles. The molecular weight excluding hydrogens is 638 g/mol. The third-order valence-corrected chi connectivity index (χ3v) is 8.37. The summed E-state index contributed by atoms with van der Waals surface area (Å²) >= 11 is 0. The first-order valence-electron chi connectivity index (χ1n) is 15.1. The van der Waals surface area contributed by atoms with Crippen molar-refractivity contribution < 1.29 is 45.3 Å². The molecule has 0 saturated heterocycles. The third kappa shape index (κ3) is 7.74. The van der Waals surface area contributed by atoms with Gasteiger partial charge in [0.05, 0.1) is 28.6 Å². The number of aromatic amines is 1. The Kier molecular flexibility index (Phi) is 10.8. The van der Waals surface area contributed by atoms with Gasteiger partial charge >= 0.3 is 6.03 Å². The van der Waals surface area contributed by atoms with Gasteiger partial charge < -0.3 is 62.4 Å². The Labute approximate surface area is 280 Å². The lowest BCUT2D eigenvalue weighted by Crippen LogP contribution is -2.51. The number of carbonyl (C=O) groups excluding carboxylic acids is 2. The predicted molar refractivity (Wildman–Crippen MR) is 180 cm³/mol. The summed E-state index contributed by atoms with van der Waals surface area (Å²) < 4.78 is 0. The van der Waals surface area contributed by atoms with Crippen molar-refractivity contribution in [3.8, 4) is 34.0 Å². The van der Waals surface area contributed by atoms with E-state index < -0.39 is 54.9 Å². The highest BCUT2D eigenvalue weighted by Crippen LogP contribution is 2.44. The van der Waals surface area contributed by atoms with Crippen molar-refractivity contribution in [2.45, 2.75) is 50.2 Å². The van der Waals surface area contributed by atoms with Crippen LogP contribution in [0.5, 0.6) is 11.5 Å². The topological polar surface area (TPSA) is 296 Å². The minimum Gasteiger partial charge on any atom is -0.507 e. The van der Waals surface area contributed by atoms with Crippen molar-refractivity contribution in [3.05, 3.63) is 65.2 Å². The van der Waals surface area contributed by atoms with Gasteiger partial charge in [-0.2, -0.15) is 0 Å². The number of amides is 3. The SMILES string of the molecule is CN(CC(O)C(O)C(O)C(O)CO)C(=O)C(C)(C)c1cc(-c2nc3ccc(C(=N)N)cc3[nH]2)c(O)c(-c2cc(CNC(N)=O)ccc2O)c1. The van der Waals surface area contributed by atoms with Gasteiger partial charge in [0.15, 0.2) is 0 Å². The number of aliphatic hydroxyl groups is 5. The number of aromatic hydroxyl groups is 2. The molecule has 0 aliphatic rings. The van der Waals surface area contributed by atoms with Crippen molar-refractivity contribution in [3.63, 3.8) is 0 Å². The first-order chi connectivity index (χ1) is 23.0. The number of nitrogens with two attached hydrogens (primary N) is 2. The second-order valence-electron chi connectivity index (χ2n) is 12.3. The Morgan fingerprint density at radius 3 is 2.24 bits per heavy atom. The van der Waals surface area contributed by atoms with E-state index in [2.05, 4.69) is 15.3 Å². The fourth-order valence-corrected chi connectivity index (χ4v) is 5.42. The number of nitrogens with one attached hydrogen (secondary N) is 3. The van der Waals surface area contributed by atoms with Crippen LogP contribution in [-0.2, 0) is 16.8 Å². The van der Waals surface area contributed by atoms with Crippen LogP contribution in [-0.4, -0.2) is 113 Å². The van der Waals surface area contributed by atoms with Gasteiger partial charge in [-0.25, -0.2) is 9.78 Å². The molecule has 0 fully saturated rings. The number of hydrogen-bond donors (Lipinski definition) is 12. The normalized spacial score (nSPS) is 14.2. The van der Waals surface area contributed by atoms with Crippen molar-refractivity contribution in [2.24, 2.45) is 11.5 Å². The Bertz CT molecular complexity index is 1880. The Morgan fingerprint density at radius 1 is 0.959 bits per heavy atom. The predicted octanol–water partition coefficient (Wildman–Crippen LogP) is -0.0676. The number of hydrogen-bond acceptors (Lipinski definition) is 11. The molecule has 4 aromatic rings. The third-order valence-electron chi connectivity index (χ3n) is 8.37. The van der Waals surface area contributed by atoms with Crippen LogP contribution in [0, 0.1) is 5.41 Å². The molecule has 262 valence electrons. The first kappa shape index (κ1) is 36.6. The summed E-state index contributed by atoms with van der Waals surface area (Å²) in [5, 5.41) is 82.5. The van der Waals surface area contributed by atoms with Crippen LogP contribution < -0.4 is 16.8 Å². The zero-order valence-electron chi connectivity index (χ0n) is 27.0. The second kappa shape index (κ2) is 14.5. The molecule has 49 heavy (non-hydrogen) atoms. The molecule has 16 nitrogen and oxygen atoms in total. The maximum absolute atomic E-state index is 13.9. The maximum atomic E-state index is 13.9. The number of carbonyl (C=O) groups is 2. The van der Waals surface area contributed by atoms with Crippen LogP contribution in [0.1, 0.15) is 30.5 Å². The minimum absolute atomic E-state index is 0.0188. The standard InChI is InChI=1S/C33H41N7O9/c1-33(2,31(48)40(3)13-24(43)27(46)28(47)25(44)14-41)17-10-19(18-8-15(4-7-23(18)42)12-37-32(36)49)26(45)20(11-17)30-38-21-6-5-16(29(34)35)9-22(21)39-30/h4-11,24-25,27-28,41-47H,12-14H2,1-3H3,(H3,34,35)(H,38,39)(H3,36,37,49). The number of primary amides is 1. The number of aromatic nitrogens is 2. The van der Waals surface area contributed by atoms with E-state index in [0.29, 0.717) is 27.7 Å². The number of fused-ring (bicyclic) bond motifs is 1. The minimum atomic E-state index is -1.89. The number of phenols is 2. The number of nitrogens with zero attached hydrogens (tertiary/aromatic N) is 2. The van der Waals surface area contributed by atoms with E-state index in [1.165, 1.54) is 31.3 Å². The Balaban J connectivity index is 1.84. The molecule has 4 rings (SSSR count). The lowest BCUT2D eigenvalue weighted by atomic mass is 9.80. The average Bonchev–Trinajstić information content (AvgIpc) is 3.49. The lowest BCUT2D eigenvalue weighted by molar-refractivity contribution is -0.142. The summed E-state index contributed by atoms with van der Waals surface area (Å²) in [7, 11) is 1.37. The van der Waals surface area contributed by atoms with Crippen molar-refractivity contribution in [1.82, 2.24) is 20.2 Å². The van der Waals surface area contributed by atoms with E-state index in [4.69, 9.17) is 22.0 Å². The first-order valence-corrected chi connectivity index (χ1v) is 15.1. The molecule has 0 saturated carbocycles. The van der Waals surface area contributed by atoms with E-state index in [1.807, 2.05) is 0 Å². The van der Waals surface area contributed by atoms with Gasteiger partial charge in [0, 0.05) is 36.8 Å². The van der Waals surface area contributed by atoms with E-state index in [0.717, 1.165) is 4.90 Å². The zero-order chi connectivity index (χ0) is 36.4. The number of phenolic OH excluding ortho intramolecular Hbond substituents is 2. The molecule has 0 bridgehead atoms. The maximum Gasteiger partial charge on any atom is 0.312 e. The molecule has 4 unspecified atom stereocenters. The summed E-state index contributed by atoms with van der Waals surface area (Å²) in [6.45, 7) is 1.87. The molecular formula is C33H41N7O9. The van der Waals surface area contributed by atoms with Crippen molar-refractivity contribution in [2.75, 3.05) is 20.2 Å². The highest BCUT2D eigenvalue weighted by atomic mass is 16.4. The fraction of sp³-hybridized carbons (Fsp3) is 0.333. The van der Waals surface area contributed by atoms with Crippen LogP contribution in [0.4, 0.5) is 4.79 Å². The fourth-order valence-electron chi connectivity index (χ4n) is 5.42. The summed E-state index contributed by atoms with van der Waals surface area (Å²) in [4.78, 5) is 34.1. The van der Waals surface area contributed by atoms with E-state index >= 15 is 0 Å². The van der Waals surface area contributed by atoms with Crippen LogP contribution >= 0.6 is 0 Å². The highest BCUT2D eigenvalue weighted by Gasteiger charge is 2.37. The van der Waals surface area contributed by atoms with Gasteiger partial charge in [0.25, 0.3) is 0 Å². The van der Waals surface area contributed by atoms with Crippen molar-refractivity contribution in [1.29, 1.82) is 5.41 Å². The van der Waals surface area contributed by atoms with Gasteiger partial charge in [-0.1, -0.05) is 6.07 Å². The summed E-state index contributed by atoms with van der Waals surface area (Å²) in [6, 6.07) is 11.6. The van der Waals surface area contributed by atoms with E-state index in [9.17, 15) is 40.2 Å². The van der Waals surface area contributed by atoms with Gasteiger partial charge in [0.2, 0.25) is 5.91 Å². The molecule has 0 spiro atoms. The summed E-state index contributed by atoms with van der Waals surface area (Å²) in [5.41, 5.74) is 12.2. The number of H-pyrrole nitrogens is 1. The number of urea groups is 1. The van der Waals surface area contributed by atoms with Crippen LogP contribution in [0.2, 0.25) is 0 Å². The smallest absolute Gasteiger partial charge is 0.312 e. The quantitative estimate of drug-likeness (QED) is 0.0656. The average molecular weight is 680 g/mol. The lowest BCUT2D eigenvalue weighted by Gasteiger charge is -2.33. The van der Waals surface area contributed by atoms with Gasteiger partial charge in [-0.15, -0.1) is 0 Å². The zero-order valence-corrected chi connectivity index (χ0v) is 27.0. The number of rotatable bonds is 13. The number of benzene rings is 3.